The first kappa shape index (κ1) is 37.5. The average Bonchev–Trinajstić information content (AvgIpc) is 3.13. The second kappa shape index (κ2) is 20.9. The van der Waals surface area contributed by atoms with Crippen LogP contribution in [0, 0.1) is 0 Å². The monoisotopic (exact) mass is 676 g/mol. The van der Waals surface area contributed by atoms with Gasteiger partial charge in [-0.3, -0.25) is 19.4 Å². The number of ether oxygens (including phenoxy) is 4. The van der Waals surface area contributed by atoms with Gasteiger partial charge in [0.05, 0.1) is 64.1 Å². The minimum absolute atomic E-state index is 0.0135. The van der Waals surface area contributed by atoms with Crippen LogP contribution >= 0.6 is 0 Å². The zero-order chi connectivity index (χ0) is 34.7. The highest BCUT2D eigenvalue weighted by Crippen LogP contribution is 2.33. The first-order valence-electron chi connectivity index (χ1n) is 16.9. The molecule has 1 saturated heterocycles. The summed E-state index contributed by atoms with van der Waals surface area (Å²) in [5, 5.41) is 14.3. The number of carboxylic acids is 1. The maximum atomic E-state index is 13.5. The van der Waals surface area contributed by atoms with Crippen LogP contribution in [-0.2, 0) is 30.2 Å². The predicted molar refractivity (Wildman–Crippen MR) is 187 cm³/mol. The van der Waals surface area contributed by atoms with Gasteiger partial charge in [-0.1, -0.05) is 12.1 Å². The summed E-state index contributed by atoms with van der Waals surface area (Å²) in [6.45, 7) is 5.26. The number of aliphatic carboxylic acids is 1. The van der Waals surface area contributed by atoms with Crippen LogP contribution in [0.5, 0.6) is 0 Å². The van der Waals surface area contributed by atoms with Crippen LogP contribution in [-0.4, -0.2) is 101 Å². The number of anilines is 2. The van der Waals surface area contributed by atoms with E-state index in [1.54, 1.807) is 31.4 Å². The van der Waals surface area contributed by atoms with Gasteiger partial charge in [0.15, 0.2) is 0 Å². The van der Waals surface area contributed by atoms with E-state index in [0.29, 0.717) is 68.8 Å². The lowest BCUT2D eigenvalue weighted by Crippen LogP contribution is -2.29. The molecule has 1 aromatic heterocycles. The molecule has 0 bridgehead atoms. The molecule has 0 spiro atoms. The Balaban J connectivity index is 1.24. The van der Waals surface area contributed by atoms with Gasteiger partial charge < -0.3 is 39.6 Å². The van der Waals surface area contributed by atoms with Gasteiger partial charge in [0.25, 0.3) is 11.8 Å². The third-order valence-corrected chi connectivity index (χ3v) is 8.02. The second-order valence-electron chi connectivity index (χ2n) is 11.6. The number of pyridine rings is 1. The summed E-state index contributed by atoms with van der Waals surface area (Å²) in [5.41, 5.74) is 5.15. The molecule has 2 aromatic carbocycles. The first-order chi connectivity index (χ1) is 23.9. The summed E-state index contributed by atoms with van der Waals surface area (Å²) in [7, 11) is 1.60. The van der Waals surface area contributed by atoms with Gasteiger partial charge in [-0.15, -0.1) is 0 Å². The number of nitrogens with zero attached hydrogens (tertiary/aromatic N) is 2. The fraction of sp³-hybridized carbons (Fsp3) is 0.459. The molecule has 12 nitrogen and oxygen atoms in total. The Hall–Kier alpha value is -4.36. The third-order valence-electron chi connectivity index (χ3n) is 8.02. The number of hydrogen-bond donors (Lipinski definition) is 3. The van der Waals surface area contributed by atoms with E-state index in [1.807, 2.05) is 30.3 Å². The van der Waals surface area contributed by atoms with Gasteiger partial charge in [0, 0.05) is 55.3 Å². The summed E-state index contributed by atoms with van der Waals surface area (Å²) in [4.78, 5) is 43.2. The largest absolute Gasteiger partial charge is 0.481 e. The Morgan fingerprint density at radius 3 is 2.14 bits per heavy atom. The smallest absolute Gasteiger partial charge is 0.305 e. The number of hydrogen-bond acceptors (Lipinski definition) is 9. The molecule has 3 N–H and O–H groups in total. The van der Waals surface area contributed by atoms with E-state index in [4.69, 9.17) is 24.1 Å². The van der Waals surface area contributed by atoms with Gasteiger partial charge in [-0.2, -0.15) is 0 Å². The van der Waals surface area contributed by atoms with Crippen molar-refractivity contribution in [1.82, 2.24) is 10.3 Å². The lowest BCUT2D eigenvalue weighted by Gasteiger charge is -2.29. The highest BCUT2D eigenvalue weighted by molar-refractivity contribution is 6.06. The summed E-state index contributed by atoms with van der Waals surface area (Å²) < 4.78 is 21.7. The van der Waals surface area contributed by atoms with Gasteiger partial charge in [0.1, 0.15) is 0 Å². The van der Waals surface area contributed by atoms with E-state index in [0.717, 1.165) is 55.6 Å². The molecule has 0 aliphatic carbocycles. The molecule has 2 amide bonds. The number of benzene rings is 2. The molecular formula is C37H48N4O8. The fourth-order valence-electron chi connectivity index (χ4n) is 5.43. The number of carbonyl (C=O) groups is 3. The van der Waals surface area contributed by atoms with Crippen molar-refractivity contribution in [3.8, 4) is 11.3 Å². The Kier molecular flexibility index (Phi) is 16.0. The van der Waals surface area contributed by atoms with Gasteiger partial charge >= 0.3 is 5.97 Å². The van der Waals surface area contributed by atoms with Gasteiger partial charge in [-0.25, -0.2) is 0 Å². The molecule has 0 radical (unpaired) electrons. The Labute approximate surface area is 288 Å². The van der Waals surface area contributed by atoms with Crippen molar-refractivity contribution in [1.29, 1.82) is 0 Å². The average molecular weight is 677 g/mol. The standard InChI is InChI=1S/C37H48N4O8/c1-38-36(44)30-12-14-39-34(26-30)32-27-31(41-15-3-2-4-16-41)10-11-33(32)40-37(45)29-9-5-7-28(25-29)8-6-17-46-19-21-48-23-24-49-22-20-47-18-13-35(42)43/h5,7,9-12,14,25-27H,2-4,6,8,13,15-24H2,1H3,(H,38,44)(H,40,45)(H,42,43). The molecule has 49 heavy (non-hydrogen) atoms. The fourth-order valence-corrected chi connectivity index (χ4v) is 5.43. The minimum atomic E-state index is -0.881. The van der Waals surface area contributed by atoms with Crippen molar-refractivity contribution in [2.45, 2.75) is 38.5 Å². The lowest BCUT2D eigenvalue weighted by atomic mass is 10.0. The quantitative estimate of drug-likeness (QED) is 0.134. The van der Waals surface area contributed by atoms with E-state index in [-0.39, 0.29) is 24.8 Å². The van der Waals surface area contributed by atoms with E-state index < -0.39 is 5.97 Å². The zero-order valence-electron chi connectivity index (χ0n) is 28.3. The molecule has 1 aliphatic heterocycles. The highest BCUT2D eigenvalue weighted by Gasteiger charge is 2.18. The molecule has 0 unspecified atom stereocenters. The number of piperidine rings is 1. The second-order valence-corrected chi connectivity index (χ2v) is 11.6. The molecular weight excluding hydrogens is 628 g/mol. The molecule has 4 rings (SSSR count). The molecule has 1 fully saturated rings. The molecule has 0 saturated carbocycles. The van der Waals surface area contributed by atoms with Crippen LogP contribution < -0.4 is 15.5 Å². The summed E-state index contributed by atoms with van der Waals surface area (Å²) in [6.07, 6.45) is 6.67. The summed E-state index contributed by atoms with van der Waals surface area (Å²) in [5.74, 6) is -1.30. The van der Waals surface area contributed by atoms with Crippen molar-refractivity contribution in [3.05, 3.63) is 77.5 Å². The Morgan fingerprint density at radius 2 is 1.45 bits per heavy atom. The van der Waals surface area contributed by atoms with Crippen molar-refractivity contribution < 1.29 is 38.4 Å². The summed E-state index contributed by atoms with van der Waals surface area (Å²) in [6, 6.07) is 17.0. The number of rotatable bonds is 21. The van der Waals surface area contributed by atoms with Crippen LogP contribution in [0.2, 0.25) is 0 Å². The zero-order valence-corrected chi connectivity index (χ0v) is 28.3. The number of carbonyl (C=O) groups excluding carboxylic acids is 2. The van der Waals surface area contributed by atoms with Crippen LogP contribution in [0.1, 0.15) is 58.4 Å². The predicted octanol–water partition coefficient (Wildman–Crippen LogP) is 4.82. The SMILES string of the molecule is CNC(=O)c1ccnc(-c2cc(N3CCCCC3)ccc2NC(=O)c2cccc(CCCOCCOCCOCCOCCC(=O)O)c2)c1. The van der Waals surface area contributed by atoms with Gasteiger partial charge in [0.2, 0.25) is 0 Å². The third kappa shape index (κ3) is 12.9. The van der Waals surface area contributed by atoms with E-state index in [2.05, 4.69) is 26.6 Å². The molecule has 0 atom stereocenters. The lowest BCUT2D eigenvalue weighted by molar-refractivity contribution is -0.138. The molecule has 2 heterocycles. The molecule has 12 heteroatoms. The topological polar surface area (TPSA) is 149 Å². The normalized spacial score (nSPS) is 12.9. The van der Waals surface area contributed by atoms with Crippen molar-refractivity contribution in [3.63, 3.8) is 0 Å². The maximum absolute atomic E-state index is 13.5. The first-order valence-corrected chi connectivity index (χ1v) is 16.9. The van der Waals surface area contributed by atoms with E-state index in [9.17, 15) is 14.4 Å². The number of carboxylic acid groups (broad SMARTS) is 1. The molecule has 264 valence electrons. The maximum Gasteiger partial charge on any atom is 0.305 e. The molecule has 1 aliphatic rings. The number of amides is 2. The number of aryl methyl sites for hydroxylation is 1. The van der Waals surface area contributed by atoms with Crippen LogP contribution in [0.4, 0.5) is 11.4 Å². The van der Waals surface area contributed by atoms with Crippen LogP contribution in [0.25, 0.3) is 11.3 Å². The van der Waals surface area contributed by atoms with E-state index >= 15 is 0 Å². The molecule has 3 aromatic rings. The number of nitrogens with one attached hydrogen (secondary N) is 2. The highest BCUT2D eigenvalue weighted by atomic mass is 16.6. The summed E-state index contributed by atoms with van der Waals surface area (Å²) >= 11 is 0. The Bertz CT molecular complexity index is 1490. The van der Waals surface area contributed by atoms with E-state index in [1.165, 1.54) is 6.42 Å². The van der Waals surface area contributed by atoms with Gasteiger partial charge in [-0.05, 0) is 80.1 Å². The van der Waals surface area contributed by atoms with Crippen LogP contribution in [0.15, 0.2) is 60.8 Å². The van der Waals surface area contributed by atoms with Crippen molar-refractivity contribution >= 4 is 29.2 Å². The minimum Gasteiger partial charge on any atom is -0.481 e. The Morgan fingerprint density at radius 1 is 0.776 bits per heavy atom. The van der Waals surface area contributed by atoms with Crippen molar-refractivity contribution in [2.75, 3.05) is 83.2 Å². The van der Waals surface area contributed by atoms with Crippen LogP contribution in [0.3, 0.4) is 0 Å². The van der Waals surface area contributed by atoms with Crippen molar-refractivity contribution in [2.24, 2.45) is 0 Å². The number of aromatic nitrogens is 1.